The summed E-state index contributed by atoms with van der Waals surface area (Å²) in [4.78, 5) is 4.42. The van der Waals surface area contributed by atoms with Crippen molar-refractivity contribution in [3.8, 4) is 11.4 Å². The SMILES string of the molecule is CCSc1n[nH]c(-c2ccc(CC)cc2)n1. The molecule has 0 aliphatic heterocycles. The Bertz CT molecular complexity index is 448. The van der Waals surface area contributed by atoms with Crippen molar-refractivity contribution in [2.24, 2.45) is 0 Å². The first-order valence-electron chi connectivity index (χ1n) is 5.48. The summed E-state index contributed by atoms with van der Waals surface area (Å²) in [5.74, 6) is 1.84. The van der Waals surface area contributed by atoms with E-state index in [1.807, 2.05) is 0 Å². The second kappa shape index (κ2) is 5.16. The second-order valence-corrected chi connectivity index (χ2v) is 4.68. The van der Waals surface area contributed by atoms with E-state index in [1.54, 1.807) is 11.8 Å². The fourth-order valence-electron chi connectivity index (χ4n) is 1.47. The van der Waals surface area contributed by atoms with Gasteiger partial charge in [-0.1, -0.05) is 49.9 Å². The fourth-order valence-corrected chi connectivity index (χ4v) is 1.99. The van der Waals surface area contributed by atoms with Crippen LogP contribution in [0.3, 0.4) is 0 Å². The van der Waals surface area contributed by atoms with Gasteiger partial charge in [0.25, 0.3) is 0 Å². The lowest BCUT2D eigenvalue weighted by Crippen LogP contribution is -1.83. The molecule has 0 saturated carbocycles. The van der Waals surface area contributed by atoms with Gasteiger partial charge in [0.15, 0.2) is 5.82 Å². The molecule has 0 bridgehead atoms. The number of hydrogen-bond donors (Lipinski definition) is 1. The van der Waals surface area contributed by atoms with Gasteiger partial charge >= 0.3 is 0 Å². The van der Waals surface area contributed by atoms with Crippen LogP contribution in [0.4, 0.5) is 0 Å². The highest BCUT2D eigenvalue weighted by Gasteiger charge is 2.04. The van der Waals surface area contributed by atoms with Crippen LogP contribution >= 0.6 is 11.8 Å². The summed E-state index contributed by atoms with van der Waals surface area (Å²) in [5.41, 5.74) is 2.43. The summed E-state index contributed by atoms with van der Waals surface area (Å²) in [5, 5.41) is 7.93. The Hall–Kier alpha value is -1.29. The molecule has 0 amide bonds. The van der Waals surface area contributed by atoms with Crippen LogP contribution in [0.1, 0.15) is 19.4 Å². The number of hydrogen-bond acceptors (Lipinski definition) is 3. The summed E-state index contributed by atoms with van der Waals surface area (Å²) < 4.78 is 0. The number of nitrogens with zero attached hydrogens (tertiary/aromatic N) is 2. The van der Waals surface area contributed by atoms with E-state index in [4.69, 9.17) is 0 Å². The molecule has 4 heteroatoms. The van der Waals surface area contributed by atoms with E-state index in [0.29, 0.717) is 0 Å². The van der Waals surface area contributed by atoms with Gasteiger partial charge in [0, 0.05) is 5.56 Å². The van der Waals surface area contributed by atoms with E-state index in [1.165, 1.54) is 5.56 Å². The van der Waals surface area contributed by atoms with Gasteiger partial charge in [0.2, 0.25) is 5.16 Å². The molecule has 0 radical (unpaired) electrons. The maximum absolute atomic E-state index is 4.42. The quantitative estimate of drug-likeness (QED) is 0.825. The van der Waals surface area contributed by atoms with Crippen molar-refractivity contribution in [2.75, 3.05) is 5.75 Å². The first-order chi connectivity index (χ1) is 7.83. The lowest BCUT2D eigenvalue weighted by Gasteiger charge is -1.98. The summed E-state index contributed by atoms with van der Waals surface area (Å²) in [6, 6.07) is 8.43. The molecule has 2 rings (SSSR count). The van der Waals surface area contributed by atoms with E-state index >= 15 is 0 Å². The Kier molecular flexibility index (Phi) is 3.62. The first-order valence-corrected chi connectivity index (χ1v) is 6.46. The highest BCUT2D eigenvalue weighted by molar-refractivity contribution is 7.99. The van der Waals surface area contributed by atoms with E-state index in [0.717, 1.165) is 28.7 Å². The van der Waals surface area contributed by atoms with Crippen LogP contribution in [0.2, 0.25) is 0 Å². The van der Waals surface area contributed by atoms with Crippen LogP contribution in [0.5, 0.6) is 0 Å². The minimum atomic E-state index is 0.817. The van der Waals surface area contributed by atoms with E-state index < -0.39 is 0 Å². The van der Waals surface area contributed by atoms with Crippen LogP contribution < -0.4 is 0 Å². The zero-order valence-corrected chi connectivity index (χ0v) is 10.3. The van der Waals surface area contributed by atoms with Crippen LogP contribution in [-0.2, 0) is 6.42 Å². The lowest BCUT2D eigenvalue weighted by molar-refractivity contribution is 0.974. The molecule has 0 atom stereocenters. The molecule has 1 heterocycles. The summed E-state index contributed by atoms with van der Waals surface area (Å²) in [6.07, 6.45) is 1.06. The third-order valence-electron chi connectivity index (χ3n) is 2.37. The first kappa shape index (κ1) is 11.2. The highest BCUT2D eigenvalue weighted by Crippen LogP contribution is 2.19. The fraction of sp³-hybridized carbons (Fsp3) is 0.333. The molecule has 0 saturated heterocycles. The average Bonchev–Trinajstić information content (AvgIpc) is 2.78. The van der Waals surface area contributed by atoms with Gasteiger partial charge in [0.05, 0.1) is 0 Å². The van der Waals surface area contributed by atoms with Gasteiger partial charge in [0.1, 0.15) is 0 Å². The van der Waals surface area contributed by atoms with Crippen molar-refractivity contribution < 1.29 is 0 Å². The standard InChI is InChI=1S/C12H15N3S/c1-3-9-5-7-10(8-6-9)11-13-12(15-14-11)16-4-2/h5-8H,3-4H2,1-2H3,(H,13,14,15). The molecule has 0 unspecified atom stereocenters. The zero-order chi connectivity index (χ0) is 11.4. The topological polar surface area (TPSA) is 41.6 Å². The van der Waals surface area contributed by atoms with Gasteiger partial charge in [-0.25, -0.2) is 4.98 Å². The van der Waals surface area contributed by atoms with Crippen molar-refractivity contribution in [3.05, 3.63) is 29.8 Å². The van der Waals surface area contributed by atoms with Gasteiger partial charge in [-0.05, 0) is 17.7 Å². The second-order valence-electron chi connectivity index (χ2n) is 3.45. The summed E-state index contributed by atoms with van der Waals surface area (Å²) in [6.45, 7) is 4.25. The Balaban J connectivity index is 2.21. The molecule has 84 valence electrons. The maximum Gasteiger partial charge on any atom is 0.208 e. The van der Waals surface area contributed by atoms with Crippen molar-refractivity contribution in [2.45, 2.75) is 25.4 Å². The monoisotopic (exact) mass is 233 g/mol. The van der Waals surface area contributed by atoms with Gasteiger partial charge in [-0.2, -0.15) is 0 Å². The largest absolute Gasteiger partial charge is 0.258 e. The predicted molar refractivity (Wildman–Crippen MR) is 67.6 cm³/mol. The molecule has 16 heavy (non-hydrogen) atoms. The third kappa shape index (κ3) is 2.44. The number of aromatic nitrogens is 3. The number of nitrogens with one attached hydrogen (secondary N) is 1. The highest BCUT2D eigenvalue weighted by atomic mass is 32.2. The van der Waals surface area contributed by atoms with Crippen LogP contribution in [0.15, 0.2) is 29.4 Å². The van der Waals surface area contributed by atoms with Crippen molar-refractivity contribution in [1.29, 1.82) is 0 Å². The van der Waals surface area contributed by atoms with Crippen LogP contribution in [-0.4, -0.2) is 20.9 Å². The molecule has 0 aliphatic rings. The van der Waals surface area contributed by atoms with Gasteiger partial charge in [-0.15, -0.1) is 5.10 Å². The average molecular weight is 233 g/mol. The van der Waals surface area contributed by atoms with E-state index in [-0.39, 0.29) is 0 Å². The number of rotatable bonds is 4. The number of aromatic amines is 1. The summed E-state index contributed by atoms with van der Waals surface area (Å²) in [7, 11) is 0. The summed E-state index contributed by atoms with van der Waals surface area (Å²) >= 11 is 1.64. The molecule has 1 aromatic carbocycles. The molecule has 0 spiro atoms. The minimum absolute atomic E-state index is 0.817. The van der Waals surface area contributed by atoms with Crippen molar-refractivity contribution >= 4 is 11.8 Å². The van der Waals surface area contributed by atoms with Gasteiger partial charge < -0.3 is 0 Å². The predicted octanol–water partition coefficient (Wildman–Crippen LogP) is 3.15. The smallest absolute Gasteiger partial charge is 0.208 e. The lowest BCUT2D eigenvalue weighted by atomic mass is 10.1. The van der Waals surface area contributed by atoms with Gasteiger partial charge in [-0.3, -0.25) is 5.10 Å². The maximum atomic E-state index is 4.42. The Labute approximate surface area is 99.7 Å². The molecule has 1 aromatic heterocycles. The Morgan fingerprint density at radius 3 is 2.56 bits per heavy atom. The van der Waals surface area contributed by atoms with Crippen LogP contribution in [0, 0.1) is 0 Å². The van der Waals surface area contributed by atoms with E-state index in [9.17, 15) is 0 Å². The van der Waals surface area contributed by atoms with Crippen LogP contribution in [0.25, 0.3) is 11.4 Å². The minimum Gasteiger partial charge on any atom is -0.258 e. The normalized spacial score (nSPS) is 10.6. The Morgan fingerprint density at radius 2 is 1.94 bits per heavy atom. The number of benzene rings is 1. The molecule has 0 fully saturated rings. The third-order valence-corrected chi connectivity index (χ3v) is 3.10. The van der Waals surface area contributed by atoms with E-state index in [2.05, 4.69) is 53.3 Å². The number of H-pyrrole nitrogens is 1. The molecule has 3 nitrogen and oxygen atoms in total. The number of aryl methyl sites for hydroxylation is 1. The molecule has 0 aliphatic carbocycles. The van der Waals surface area contributed by atoms with Crippen molar-refractivity contribution in [1.82, 2.24) is 15.2 Å². The molecular weight excluding hydrogens is 218 g/mol. The molecule has 1 N–H and O–H groups in total. The zero-order valence-electron chi connectivity index (χ0n) is 9.53. The Morgan fingerprint density at radius 1 is 1.19 bits per heavy atom. The molecule has 2 aromatic rings. The molecular formula is C12H15N3S. The van der Waals surface area contributed by atoms with Crippen molar-refractivity contribution in [3.63, 3.8) is 0 Å². The number of thioether (sulfide) groups is 1.